The molecule has 1 aromatic heterocycles. The molecule has 0 atom stereocenters. The molecule has 1 heterocycles. The maximum Gasteiger partial charge on any atom is 0.259 e. The second-order valence-electron chi connectivity index (χ2n) is 8.64. The summed E-state index contributed by atoms with van der Waals surface area (Å²) in [5.41, 5.74) is 2.30. The van der Waals surface area contributed by atoms with E-state index in [1.165, 1.54) is 16.7 Å². The topological polar surface area (TPSA) is 97.1 Å². The van der Waals surface area contributed by atoms with Crippen LogP contribution >= 0.6 is 15.9 Å². The van der Waals surface area contributed by atoms with Crippen LogP contribution in [0.2, 0.25) is 0 Å². The summed E-state index contributed by atoms with van der Waals surface area (Å²) in [4.78, 5) is 27.7. The van der Waals surface area contributed by atoms with Crippen LogP contribution < -0.4 is 5.56 Å². The Labute approximate surface area is 218 Å². The fourth-order valence-electron chi connectivity index (χ4n) is 4.18. The summed E-state index contributed by atoms with van der Waals surface area (Å²) in [6, 6.07) is 21.1. The van der Waals surface area contributed by atoms with E-state index in [0.717, 1.165) is 16.3 Å². The zero-order valence-electron chi connectivity index (χ0n) is 19.9. The number of nitrogens with one attached hydrogen (secondary N) is 1. The van der Waals surface area contributed by atoms with Crippen LogP contribution in [0.4, 0.5) is 0 Å². The van der Waals surface area contributed by atoms with Crippen molar-refractivity contribution in [3.63, 3.8) is 0 Å². The number of ketones is 1. The number of aromatic nitrogens is 1. The second kappa shape index (κ2) is 10.3. The molecule has 0 radical (unpaired) electrons. The molecule has 4 aromatic rings. The zero-order chi connectivity index (χ0) is 26.0. The highest BCUT2D eigenvalue weighted by molar-refractivity contribution is 9.10. The van der Waals surface area contributed by atoms with Crippen LogP contribution in [0, 0.1) is 5.41 Å². The summed E-state index contributed by atoms with van der Waals surface area (Å²) < 4.78 is 26.0. The van der Waals surface area contributed by atoms with E-state index in [9.17, 15) is 18.0 Å². The van der Waals surface area contributed by atoms with Gasteiger partial charge in [0.25, 0.3) is 5.56 Å². The van der Waals surface area contributed by atoms with E-state index in [0.29, 0.717) is 28.3 Å². The molecule has 184 valence electrons. The van der Waals surface area contributed by atoms with Gasteiger partial charge in [0, 0.05) is 27.4 Å². The molecule has 0 bridgehead atoms. The van der Waals surface area contributed by atoms with E-state index in [1.54, 1.807) is 24.3 Å². The van der Waals surface area contributed by atoms with E-state index in [-0.39, 0.29) is 40.6 Å². The van der Waals surface area contributed by atoms with E-state index < -0.39 is 9.84 Å². The number of sulfone groups is 1. The Morgan fingerprint density at radius 3 is 2.25 bits per heavy atom. The van der Waals surface area contributed by atoms with Gasteiger partial charge in [0.05, 0.1) is 23.6 Å². The highest BCUT2D eigenvalue weighted by Gasteiger charge is 2.24. The van der Waals surface area contributed by atoms with Crippen LogP contribution in [-0.4, -0.2) is 30.7 Å². The van der Waals surface area contributed by atoms with Gasteiger partial charge in [-0.2, -0.15) is 0 Å². The molecule has 6 nitrogen and oxygen atoms in total. The average Bonchev–Trinajstić information content (AvgIpc) is 2.85. The van der Waals surface area contributed by atoms with Crippen molar-refractivity contribution in [3.8, 4) is 11.1 Å². The minimum absolute atomic E-state index is 0.0786. The van der Waals surface area contributed by atoms with Crippen LogP contribution in [0.5, 0.6) is 0 Å². The third kappa shape index (κ3) is 5.24. The van der Waals surface area contributed by atoms with Gasteiger partial charge < -0.3 is 5.41 Å². The van der Waals surface area contributed by atoms with Gasteiger partial charge in [-0.3, -0.25) is 14.2 Å². The summed E-state index contributed by atoms with van der Waals surface area (Å²) in [5.74, 6) is -0.313. The number of nitrogens with zero attached hydrogens (tertiary/aromatic N) is 1. The first-order valence-corrected chi connectivity index (χ1v) is 14.1. The van der Waals surface area contributed by atoms with Crippen molar-refractivity contribution in [1.29, 1.82) is 5.41 Å². The van der Waals surface area contributed by atoms with Crippen LogP contribution in [-0.2, 0) is 16.4 Å². The minimum atomic E-state index is -3.36. The van der Waals surface area contributed by atoms with E-state index in [1.807, 2.05) is 43.3 Å². The Kier molecular flexibility index (Phi) is 7.38. The maximum absolute atomic E-state index is 13.8. The van der Waals surface area contributed by atoms with Crippen molar-refractivity contribution >= 4 is 48.0 Å². The highest BCUT2D eigenvalue weighted by atomic mass is 79.9. The molecule has 0 amide bonds. The van der Waals surface area contributed by atoms with E-state index >= 15 is 0 Å². The Balaban J connectivity index is 2.04. The lowest BCUT2D eigenvalue weighted by Crippen LogP contribution is -2.29. The predicted molar refractivity (Wildman–Crippen MR) is 147 cm³/mol. The molecular weight excluding hydrogens is 540 g/mol. The van der Waals surface area contributed by atoms with Gasteiger partial charge in [-0.1, -0.05) is 65.3 Å². The molecule has 0 fully saturated rings. The monoisotopic (exact) mass is 564 g/mol. The van der Waals surface area contributed by atoms with Gasteiger partial charge >= 0.3 is 0 Å². The van der Waals surface area contributed by atoms with Crippen LogP contribution in [0.25, 0.3) is 21.9 Å². The Bertz CT molecular complexity index is 1640. The first-order valence-electron chi connectivity index (χ1n) is 11.4. The van der Waals surface area contributed by atoms with Crippen molar-refractivity contribution in [3.05, 3.63) is 98.9 Å². The predicted octanol–water partition coefficient (Wildman–Crippen LogP) is 5.89. The lowest BCUT2D eigenvalue weighted by Gasteiger charge is -2.20. The number of benzene rings is 3. The van der Waals surface area contributed by atoms with Crippen molar-refractivity contribution in [2.75, 3.05) is 6.26 Å². The molecular formula is C28H25BrN2O4S. The van der Waals surface area contributed by atoms with Crippen molar-refractivity contribution < 1.29 is 13.2 Å². The molecule has 0 saturated heterocycles. The summed E-state index contributed by atoms with van der Waals surface area (Å²) >= 11 is 3.49. The van der Waals surface area contributed by atoms with Crippen molar-refractivity contribution in [1.82, 2.24) is 4.57 Å². The number of carbonyl (C=O) groups excluding carboxylic acids is 1. The minimum Gasteiger partial charge on any atom is -0.309 e. The third-order valence-electron chi connectivity index (χ3n) is 6.05. The Hall–Kier alpha value is -3.36. The Morgan fingerprint density at radius 1 is 0.972 bits per heavy atom. The molecule has 8 heteroatoms. The molecule has 1 N–H and O–H groups in total. The van der Waals surface area contributed by atoms with E-state index in [2.05, 4.69) is 15.9 Å². The molecule has 0 spiro atoms. The number of Topliss-reactive ketones (excluding diaryl/α,β-unsaturated/α-hetero) is 1. The summed E-state index contributed by atoms with van der Waals surface area (Å²) in [6.45, 7) is 1.90. The van der Waals surface area contributed by atoms with Gasteiger partial charge in [0.1, 0.15) is 0 Å². The highest BCUT2D eigenvalue weighted by Crippen LogP contribution is 2.33. The molecule has 4 rings (SSSR count). The third-order valence-corrected chi connectivity index (χ3v) is 7.67. The standard InChI is InChI=1S/C28H25BrN2O4S/c1-3-21(30)16-25(32)27-26(19-7-5-4-6-8-19)24-15-20(29)11-14-23(24)28(33)31(27)17-18-9-12-22(13-10-18)36(2,34)35/h4-15,30H,3,16-17H2,1-2H3. The van der Waals surface area contributed by atoms with Crippen LogP contribution in [0.3, 0.4) is 0 Å². The quantitative estimate of drug-likeness (QED) is 0.213. The number of carbonyl (C=O) groups is 1. The first kappa shape index (κ1) is 25.7. The lowest BCUT2D eigenvalue weighted by atomic mass is 9.93. The van der Waals surface area contributed by atoms with Crippen molar-refractivity contribution in [2.45, 2.75) is 31.2 Å². The Morgan fingerprint density at radius 2 is 1.64 bits per heavy atom. The lowest BCUT2D eigenvalue weighted by molar-refractivity contribution is 0.0991. The summed E-state index contributed by atoms with van der Waals surface area (Å²) in [5, 5.41) is 9.26. The molecule has 0 aliphatic heterocycles. The van der Waals surface area contributed by atoms with Crippen LogP contribution in [0.15, 0.2) is 87.0 Å². The van der Waals surface area contributed by atoms with Gasteiger partial charge in [0.15, 0.2) is 15.6 Å². The zero-order valence-corrected chi connectivity index (χ0v) is 22.3. The molecule has 36 heavy (non-hydrogen) atoms. The molecule has 0 saturated carbocycles. The number of fused-ring (bicyclic) bond motifs is 1. The van der Waals surface area contributed by atoms with Crippen molar-refractivity contribution in [2.24, 2.45) is 0 Å². The molecule has 0 unspecified atom stereocenters. The number of hydrogen-bond donors (Lipinski definition) is 1. The van der Waals surface area contributed by atoms with Gasteiger partial charge in [-0.05, 0) is 53.3 Å². The smallest absolute Gasteiger partial charge is 0.259 e. The van der Waals surface area contributed by atoms with E-state index in [4.69, 9.17) is 5.41 Å². The number of halogens is 1. The molecule has 0 aliphatic carbocycles. The average molecular weight is 565 g/mol. The van der Waals surface area contributed by atoms with Gasteiger partial charge in [0.2, 0.25) is 0 Å². The summed E-state index contributed by atoms with van der Waals surface area (Å²) in [7, 11) is -3.36. The second-order valence-corrected chi connectivity index (χ2v) is 11.6. The SMILES string of the molecule is CCC(=N)CC(=O)c1c(-c2ccccc2)c2cc(Br)ccc2c(=O)n1Cc1ccc(S(C)(=O)=O)cc1. The van der Waals surface area contributed by atoms with Crippen LogP contribution in [0.1, 0.15) is 35.8 Å². The van der Waals surface area contributed by atoms with Gasteiger partial charge in [-0.25, -0.2) is 8.42 Å². The number of rotatable bonds is 8. The molecule has 3 aromatic carbocycles. The number of pyridine rings is 1. The summed E-state index contributed by atoms with van der Waals surface area (Å²) in [6.07, 6.45) is 1.48. The first-order chi connectivity index (χ1) is 17.1. The fraction of sp³-hybridized carbons (Fsp3) is 0.179. The number of hydrogen-bond acceptors (Lipinski definition) is 5. The largest absolute Gasteiger partial charge is 0.309 e. The fourth-order valence-corrected chi connectivity index (χ4v) is 5.18. The maximum atomic E-state index is 13.8. The van der Waals surface area contributed by atoms with Gasteiger partial charge in [-0.15, -0.1) is 0 Å². The normalized spacial score (nSPS) is 11.5. The molecule has 0 aliphatic rings.